The van der Waals surface area contributed by atoms with Crippen molar-refractivity contribution in [2.45, 2.75) is 20.0 Å². The molecule has 14 heavy (non-hydrogen) atoms. The Hall–Kier alpha value is -1.32. The number of carbonyl (C=O) groups is 1. The van der Waals surface area contributed by atoms with Crippen molar-refractivity contribution in [1.82, 2.24) is 0 Å². The van der Waals surface area contributed by atoms with Crippen LogP contribution in [0, 0.1) is 13.8 Å². The van der Waals surface area contributed by atoms with Crippen LogP contribution in [0.5, 0.6) is 0 Å². The Balaban J connectivity index is 3.26. The molecule has 0 saturated carbocycles. The van der Waals surface area contributed by atoms with E-state index in [0.29, 0.717) is 11.1 Å². The molecule has 0 aliphatic carbocycles. The summed E-state index contributed by atoms with van der Waals surface area (Å²) in [5.74, 6) is -1.77. The molecule has 0 aromatic heterocycles. The molecule has 1 rings (SSSR count). The van der Waals surface area contributed by atoms with Crippen LogP contribution in [0.2, 0.25) is 0 Å². The predicted molar refractivity (Wildman–Crippen MR) is 46.3 cm³/mol. The molecule has 0 amide bonds. The van der Waals surface area contributed by atoms with Gasteiger partial charge in [-0.2, -0.15) is 13.2 Å². The number of benzene rings is 1. The normalized spacial score (nSPS) is 11.5. The average molecular weight is 202 g/mol. The van der Waals surface area contributed by atoms with Crippen molar-refractivity contribution in [3.05, 3.63) is 34.9 Å². The number of carbonyl (C=O) groups excluding carboxylic acids is 1. The number of hydrogen-bond donors (Lipinski definition) is 0. The minimum atomic E-state index is -4.79. The van der Waals surface area contributed by atoms with Crippen LogP contribution in [0.1, 0.15) is 21.5 Å². The fourth-order valence-corrected chi connectivity index (χ4v) is 1.31. The Labute approximate surface area is 79.5 Å². The van der Waals surface area contributed by atoms with Crippen LogP contribution in [0.4, 0.5) is 13.2 Å². The van der Waals surface area contributed by atoms with Gasteiger partial charge in [0.15, 0.2) is 0 Å². The van der Waals surface area contributed by atoms with Crippen LogP contribution < -0.4 is 0 Å². The summed E-state index contributed by atoms with van der Waals surface area (Å²) in [5.41, 5.74) is 0.472. The lowest BCUT2D eigenvalue weighted by molar-refractivity contribution is -0.0886. The molecule has 0 atom stereocenters. The van der Waals surface area contributed by atoms with Crippen LogP contribution in [0.3, 0.4) is 0 Å². The first-order valence-electron chi connectivity index (χ1n) is 4.02. The summed E-state index contributed by atoms with van der Waals surface area (Å²) >= 11 is 0. The average Bonchev–Trinajstić information content (AvgIpc) is 2.01. The number of hydrogen-bond acceptors (Lipinski definition) is 1. The molecule has 0 heterocycles. The second kappa shape index (κ2) is 3.44. The fourth-order valence-electron chi connectivity index (χ4n) is 1.31. The molecule has 1 aromatic rings. The standard InChI is InChI=1S/C10H9F3O/c1-6-4-3-5-7(2)8(6)9(14)10(11,12)13/h3-5H,1-2H3. The number of alkyl halides is 3. The van der Waals surface area contributed by atoms with Crippen molar-refractivity contribution in [3.63, 3.8) is 0 Å². The van der Waals surface area contributed by atoms with E-state index in [1.165, 1.54) is 26.0 Å². The maximum atomic E-state index is 12.1. The number of ketones is 1. The minimum absolute atomic E-state index is 0.236. The van der Waals surface area contributed by atoms with Crippen LogP contribution in [0.25, 0.3) is 0 Å². The molecular formula is C10H9F3O. The third-order valence-corrected chi connectivity index (χ3v) is 1.97. The minimum Gasteiger partial charge on any atom is -0.284 e. The van der Waals surface area contributed by atoms with Crippen LogP contribution in [-0.4, -0.2) is 12.0 Å². The lowest BCUT2D eigenvalue weighted by atomic mass is 9.99. The predicted octanol–water partition coefficient (Wildman–Crippen LogP) is 3.05. The van der Waals surface area contributed by atoms with Crippen LogP contribution in [-0.2, 0) is 0 Å². The number of aryl methyl sites for hydroxylation is 2. The van der Waals surface area contributed by atoms with E-state index in [4.69, 9.17) is 0 Å². The summed E-state index contributed by atoms with van der Waals surface area (Å²) in [7, 11) is 0. The van der Waals surface area contributed by atoms with Gasteiger partial charge in [0.1, 0.15) is 0 Å². The smallest absolute Gasteiger partial charge is 0.284 e. The molecule has 0 N–H and O–H groups in total. The van der Waals surface area contributed by atoms with Crippen molar-refractivity contribution < 1.29 is 18.0 Å². The first-order chi connectivity index (χ1) is 6.34. The van der Waals surface area contributed by atoms with E-state index < -0.39 is 12.0 Å². The van der Waals surface area contributed by atoms with Crippen LogP contribution >= 0.6 is 0 Å². The highest BCUT2D eigenvalue weighted by atomic mass is 19.4. The summed E-state index contributed by atoms with van der Waals surface area (Å²) in [4.78, 5) is 11.0. The lowest BCUT2D eigenvalue weighted by Crippen LogP contribution is -2.24. The maximum Gasteiger partial charge on any atom is 0.454 e. The number of rotatable bonds is 1. The second-order valence-corrected chi connectivity index (χ2v) is 3.09. The summed E-state index contributed by atoms with van der Waals surface area (Å²) in [6.45, 7) is 2.98. The van der Waals surface area contributed by atoms with Gasteiger partial charge >= 0.3 is 6.18 Å². The van der Waals surface area contributed by atoms with Crippen molar-refractivity contribution in [2.75, 3.05) is 0 Å². The quantitative estimate of drug-likeness (QED) is 0.639. The van der Waals surface area contributed by atoms with Gasteiger partial charge in [0.05, 0.1) is 0 Å². The second-order valence-electron chi connectivity index (χ2n) is 3.09. The van der Waals surface area contributed by atoms with Gasteiger partial charge in [0.2, 0.25) is 0 Å². The molecule has 0 spiro atoms. The number of halogens is 3. The monoisotopic (exact) mass is 202 g/mol. The molecule has 0 aliphatic heterocycles. The van der Waals surface area contributed by atoms with E-state index >= 15 is 0 Å². The lowest BCUT2D eigenvalue weighted by Gasteiger charge is -2.10. The van der Waals surface area contributed by atoms with E-state index in [2.05, 4.69) is 0 Å². The molecule has 0 aliphatic rings. The number of Topliss-reactive ketones (excluding diaryl/α,β-unsaturated/α-hetero) is 1. The van der Waals surface area contributed by atoms with E-state index in [1.807, 2.05) is 0 Å². The summed E-state index contributed by atoms with van der Waals surface area (Å²) < 4.78 is 36.4. The maximum absolute atomic E-state index is 12.1. The fraction of sp³-hybridized carbons (Fsp3) is 0.300. The van der Waals surface area contributed by atoms with Gasteiger partial charge in [-0.15, -0.1) is 0 Å². The molecular weight excluding hydrogens is 193 g/mol. The Morgan fingerprint density at radius 3 is 1.93 bits per heavy atom. The zero-order valence-corrected chi connectivity index (χ0v) is 7.77. The topological polar surface area (TPSA) is 17.1 Å². The van der Waals surface area contributed by atoms with E-state index in [0.717, 1.165) is 0 Å². The Kier molecular flexibility index (Phi) is 2.64. The van der Waals surface area contributed by atoms with Gasteiger partial charge in [0.25, 0.3) is 5.78 Å². The Morgan fingerprint density at radius 1 is 1.14 bits per heavy atom. The SMILES string of the molecule is Cc1cccc(C)c1C(=O)C(F)(F)F. The van der Waals surface area contributed by atoms with E-state index in [1.54, 1.807) is 6.07 Å². The van der Waals surface area contributed by atoms with Gasteiger partial charge < -0.3 is 0 Å². The largest absolute Gasteiger partial charge is 0.454 e. The molecule has 4 heteroatoms. The van der Waals surface area contributed by atoms with Crippen molar-refractivity contribution in [1.29, 1.82) is 0 Å². The molecule has 76 valence electrons. The van der Waals surface area contributed by atoms with Gasteiger partial charge in [-0.1, -0.05) is 18.2 Å². The summed E-state index contributed by atoms with van der Waals surface area (Å²) in [6.07, 6.45) is -4.79. The Morgan fingerprint density at radius 2 is 1.57 bits per heavy atom. The third-order valence-electron chi connectivity index (χ3n) is 1.97. The first kappa shape index (κ1) is 10.8. The molecule has 1 nitrogen and oxygen atoms in total. The van der Waals surface area contributed by atoms with Gasteiger partial charge in [-0.05, 0) is 25.0 Å². The van der Waals surface area contributed by atoms with Gasteiger partial charge in [0, 0.05) is 5.56 Å². The highest BCUT2D eigenvalue weighted by Crippen LogP contribution is 2.25. The van der Waals surface area contributed by atoms with E-state index in [9.17, 15) is 18.0 Å². The molecule has 0 unspecified atom stereocenters. The highest BCUT2D eigenvalue weighted by Gasteiger charge is 2.40. The van der Waals surface area contributed by atoms with Crippen molar-refractivity contribution >= 4 is 5.78 Å². The zero-order valence-electron chi connectivity index (χ0n) is 7.77. The van der Waals surface area contributed by atoms with Crippen LogP contribution in [0.15, 0.2) is 18.2 Å². The molecule has 0 bridgehead atoms. The molecule has 0 radical (unpaired) electrons. The Bertz CT molecular complexity index is 346. The zero-order chi connectivity index (χ0) is 10.9. The van der Waals surface area contributed by atoms with Gasteiger partial charge in [-0.3, -0.25) is 4.79 Å². The van der Waals surface area contributed by atoms with Gasteiger partial charge in [-0.25, -0.2) is 0 Å². The van der Waals surface area contributed by atoms with Crippen molar-refractivity contribution in [3.8, 4) is 0 Å². The summed E-state index contributed by atoms with van der Waals surface area (Å²) in [6, 6.07) is 4.61. The molecule has 1 aromatic carbocycles. The van der Waals surface area contributed by atoms with Crippen molar-refractivity contribution in [2.24, 2.45) is 0 Å². The van der Waals surface area contributed by atoms with E-state index in [-0.39, 0.29) is 5.56 Å². The first-order valence-corrected chi connectivity index (χ1v) is 4.02. The highest BCUT2D eigenvalue weighted by molar-refractivity contribution is 6.02. The third kappa shape index (κ3) is 1.95. The molecule has 0 fully saturated rings. The molecule has 0 saturated heterocycles. The summed E-state index contributed by atoms with van der Waals surface area (Å²) in [5, 5.41) is 0.